The number of nitrogen functional groups attached to an aromatic ring is 3. The van der Waals surface area contributed by atoms with Gasteiger partial charge >= 0.3 is 53.9 Å². The molecule has 0 atom stereocenters. The smallest absolute Gasteiger partial charge is 0.364 e. The molecule has 4 bridgehead atoms. The lowest BCUT2D eigenvalue weighted by Gasteiger charge is -2.28. The van der Waals surface area contributed by atoms with Crippen LogP contribution in [-0.2, 0) is 67.4 Å². The molecule has 24 nitrogen and oxygen atoms in total. The van der Waals surface area contributed by atoms with Gasteiger partial charge in [0.2, 0.25) is 0 Å². The number of nitrogens with one attached hydrogen (secondary N) is 5. The first kappa shape index (κ1) is 52.9. The number of anilines is 6. The van der Waals surface area contributed by atoms with Gasteiger partial charge in [-0.05, 0) is 89.0 Å². The minimum absolute atomic E-state index is 0.0343. The number of fused-ring (bicyclic) bond motifs is 4. The van der Waals surface area contributed by atoms with Gasteiger partial charge in [0.25, 0.3) is 0 Å². The molecule has 4 aromatic rings. The second-order valence-electron chi connectivity index (χ2n) is 15.3. The van der Waals surface area contributed by atoms with Crippen molar-refractivity contribution in [3.8, 4) is 0 Å². The number of amides is 6. The molecule has 1 aliphatic rings. The largest absolute Gasteiger partial charge is 0.465 e. The number of methoxy groups -OCH3 is 5. The molecule has 0 spiro atoms. The number of ether oxygens (including phenoxy) is 5. The third-order valence-electron chi connectivity index (χ3n) is 11.4. The van der Waals surface area contributed by atoms with E-state index in [1.165, 1.54) is 6.07 Å². The summed E-state index contributed by atoms with van der Waals surface area (Å²) in [5, 5.41) is 14.0. The molecule has 0 unspecified atom stereocenters. The SMILES string of the molecule is CCc1c(CNC(=O)Nc2cc(C(=O)OC)c(C(=O)OC)cc2N)c(CC)c2c(CC)c1CNC(=O)Nc1cc(c(C(=O)OC)cc1N)C(=O)ON(c1cc(C(=O)OC)c(C(=O)OC)cc1N)C(=O)NC2. The van der Waals surface area contributed by atoms with E-state index in [0.29, 0.717) is 52.1 Å². The third kappa shape index (κ3) is 11.1. The number of hydrogen-bond donors (Lipinski definition) is 8. The van der Waals surface area contributed by atoms with Crippen LogP contribution in [-0.4, -0.2) is 89.5 Å². The molecule has 376 valence electrons. The summed E-state index contributed by atoms with van der Waals surface area (Å²) in [4.78, 5) is 126. The number of rotatable bonds is 12. The molecule has 0 radical (unpaired) electrons. The Balaban J connectivity index is 1.69. The molecule has 4 aromatic carbocycles. The van der Waals surface area contributed by atoms with E-state index in [1.54, 1.807) is 0 Å². The van der Waals surface area contributed by atoms with E-state index in [2.05, 4.69) is 26.6 Å². The van der Waals surface area contributed by atoms with Crippen molar-refractivity contribution in [2.75, 3.05) is 68.4 Å². The topological polar surface area (TPSA) is 350 Å². The fourth-order valence-corrected chi connectivity index (χ4v) is 8.04. The number of esters is 5. The summed E-state index contributed by atoms with van der Waals surface area (Å²) in [5.41, 5.74) is 19.4. The van der Waals surface area contributed by atoms with Gasteiger partial charge < -0.3 is 72.3 Å². The molecule has 0 saturated heterocycles. The minimum atomic E-state index is -1.38. The number of hydrogen-bond acceptors (Lipinski definition) is 18. The van der Waals surface area contributed by atoms with Crippen LogP contribution in [0.4, 0.5) is 48.5 Å². The average molecular weight is 984 g/mol. The quantitative estimate of drug-likeness (QED) is 0.0550. The Labute approximate surface area is 406 Å². The lowest BCUT2D eigenvalue weighted by atomic mass is 9.83. The van der Waals surface area contributed by atoms with Crippen LogP contribution in [0.5, 0.6) is 0 Å². The molecule has 1 heterocycles. The van der Waals surface area contributed by atoms with Crippen molar-refractivity contribution >= 4 is 88.0 Å². The standard InChI is InChI=1S/C47H53N9O15/c1-9-21-30(18-51-45(63)54-36-15-27(42(60)69-7)24(12-33(36)48)39(57)66-4)22(10-2)32-20-53-47(65)56(38-17-29(43(61)70-8)26(14-35(38)50)41(59)68-6)71-44(62)28-16-37(34(49)13-25(28)40(58)67-5)55-46(64)52-19-31(21)23(32)11-3/h12-17H,9-11,18-20,48-50H2,1-8H3,(H,53,65)(H2,51,54,63)(H2,52,55,64). The fourth-order valence-electron chi connectivity index (χ4n) is 8.04. The highest BCUT2D eigenvalue weighted by Gasteiger charge is 2.33. The van der Waals surface area contributed by atoms with Crippen LogP contribution >= 0.6 is 0 Å². The van der Waals surface area contributed by atoms with Crippen LogP contribution in [0.1, 0.15) is 116 Å². The highest BCUT2D eigenvalue weighted by Crippen LogP contribution is 2.34. The van der Waals surface area contributed by atoms with E-state index in [4.69, 9.17) is 45.7 Å². The zero-order chi connectivity index (χ0) is 52.4. The summed E-state index contributed by atoms with van der Waals surface area (Å²) in [6.07, 6.45) is 1.07. The van der Waals surface area contributed by atoms with E-state index < -0.39 is 76.3 Å². The molecule has 0 aromatic heterocycles. The second kappa shape index (κ2) is 22.8. The van der Waals surface area contributed by atoms with Crippen molar-refractivity contribution in [2.45, 2.75) is 59.7 Å². The Kier molecular flexibility index (Phi) is 17.0. The Bertz CT molecular complexity index is 2860. The number of nitrogens with two attached hydrogens (primary N) is 3. The molecule has 0 saturated carbocycles. The van der Waals surface area contributed by atoms with E-state index in [0.717, 1.165) is 71.4 Å². The first-order chi connectivity index (χ1) is 33.8. The lowest BCUT2D eigenvalue weighted by Crippen LogP contribution is -2.42. The van der Waals surface area contributed by atoms with Crippen molar-refractivity contribution in [1.29, 1.82) is 0 Å². The van der Waals surface area contributed by atoms with Crippen LogP contribution in [0.3, 0.4) is 0 Å². The Morgan fingerprint density at radius 1 is 0.592 bits per heavy atom. The Morgan fingerprint density at radius 2 is 1.06 bits per heavy atom. The van der Waals surface area contributed by atoms with Gasteiger partial charge in [0.15, 0.2) is 0 Å². The summed E-state index contributed by atoms with van der Waals surface area (Å²) in [7, 11) is 5.37. The van der Waals surface area contributed by atoms with Crippen LogP contribution < -0.4 is 48.8 Å². The summed E-state index contributed by atoms with van der Waals surface area (Å²) in [6, 6.07) is 3.69. The minimum Gasteiger partial charge on any atom is -0.465 e. The maximum atomic E-state index is 14.7. The van der Waals surface area contributed by atoms with Crippen molar-refractivity contribution in [2.24, 2.45) is 0 Å². The number of carbonyl (C=O) groups excluding carboxylic acids is 9. The first-order valence-corrected chi connectivity index (χ1v) is 21.6. The zero-order valence-electron chi connectivity index (χ0n) is 40.0. The van der Waals surface area contributed by atoms with Crippen LogP contribution in [0.15, 0.2) is 36.4 Å². The van der Waals surface area contributed by atoms with Crippen LogP contribution in [0.2, 0.25) is 0 Å². The summed E-state index contributed by atoms with van der Waals surface area (Å²) in [5.74, 6) is -6.23. The maximum absolute atomic E-state index is 14.7. The molecular formula is C47H53N9O15. The van der Waals surface area contributed by atoms with E-state index in [-0.39, 0.29) is 64.8 Å². The maximum Gasteiger partial charge on any atom is 0.364 e. The van der Waals surface area contributed by atoms with Gasteiger partial charge in [0, 0.05) is 19.6 Å². The number of nitrogens with zero attached hydrogens (tertiary/aromatic N) is 1. The Hall–Kier alpha value is -9.09. The average Bonchev–Trinajstić information content (AvgIpc) is 3.36. The van der Waals surface area contributed by atoms with Crippen molar-refractivity contribution in [1.82, 2.24) is 16.0 Å². The van der Waals surface area contributed by atoms with Gasteiger partial charge in [-0.1, -0.05) is 20.8 Å². The van der Waals surface area contributed by atoms with E-state index >= 15 is 0 Å². The predicted molar refractivity (Wildman–Crippen MR) is 256 cm³/mol. The van der Waals surface area contributed by atoms with Gasteiger partial charge in [-0.3, -0.25) is 0 Å². The molecule has 0 fully saturated rings. The third-order valence-corrected chi connectivity index (χ3v) is 11.4. The molecule has 0 aliphatic carbocycles. The molecule has 1 aliphatic heterocycles. The second-order valence-corrected chi connectivity index (χ2v) is 15.3. The molecule has 6 amide bonds. The number of benzene rings is 4. The summed E-state index contributed by atoms with van der Waals surface area (Å²) >= 11 is 0. The van der Waals surface area contributed by atoms with Crippen molar-refractivity contribution < 1.29 is 71.7 Å². The van der Waals surface area contributed by atoms with Crippen molar-refractivity contribution in [3.63, 3.8) is 0 Å². The lowest BCUT2D eigenvalue weighted by molar-refractivity contribution is 0.0467. The zero-order valence-corrected chi connectivity index (χ0v) is 40.0. The van der Waals surface area contributed by atoms with Gasteiger partial charge in [-0.25, -0.2) is 43.2 Å². The Morgan fingerprint density at radius 3 is 1.58 bits per heavy atom. The first-order valence-electron chi connectivity index (χ1n) is 21.6. The number of carbonyl (C=O) groups is 9. The van der Waals surface area contributed by atoms with Gasteiger partial charge in [0.05, 0.1) is 97.4 Å². The van der Waals surface area contributed by atoms with E-state index in [1.807, 2.05) is 20.8 Å². The number of urea groups is 3. The normalized spacial score (nSPS) is 12.5. The van der Waals surface area contributed by atoms with Gasteiger partial charge in [0.1, 0.15) is 5.69 Å². The fraction of sp³-hybridized carbons (Fsp3) is 0.298. The number of hydroxylamine groups is 1. The highest BCUT2D eigenvalue weighted by molar-refractivity contribution is 6.10. The van der Waals surface area contributed by atoms with Crippen LogP contribution in [0, 0.1) is 0 Å². The highest BCUT2D eigenvalue weighted by atomic mass is 16.7. The summed E-state index contributed by atoms with van der Waals surface area (Å²) in [6.45, 7) is 5.06. The van der Waals surface area contributed by atoms with Crippen molar-refractivity contribution in [3.05, 3.63) is 103 Å². The molecule has 5 rings (SSSR count). The monoisotopic (exact) mass is 983 g/mol. The predicted octanol–water partition coefficient (Wildman–Crippen LogP) is 4.50. The molecule has 24 heteroatoms. The van der Waals surface area contributed by atoms with Gasteiger partial charge in [-0.2, -0.15) is 0 Å². The van der Waals surface area contributed by atoms with Gasteiger partial charge in [-0.15, -0.1) is 5.06 Å². The van der Waals surface area contributed by atoms with E-state index in [9.17, 15) is 43.2 Å². The molecular weight excluding hydrogens is 931 g/mol. The molecule has 11 N–H and O–H groups in total. The van der Waals surface area contributed by atoms with Crippen LogP contribution in [0.25, 0.3) is 0 Å². The summed E-state index contributed by atoms with van der Waals surface area (Å²) < 4.78 is 24.2. The molecule has 71 heavy (non-hydrogen) atoms.